The maximum Gasteiger partial charge on any atom is 0.160 e. The average molecular weight is 716 g/mol. The number of aromatic nitrogens is 2. The van der Waals surface area contributed by atoms with Gasteiger partial charge < -0.3 is 4.90 Å². The Balaban J connectivity index is 1.04. The van der Waals surface area contributed by atoms with Crippen molar-refractivity contribution in [3.05, 3.63) is 223 Å². The first-order valence-electron chi connectivity index (χ1n) is 19.1. The Morgan fingerprint density at radius 2 is 0.821 bits per heavy atom. The number of hydrogen-bond donors (Lipinski definition) is 0. The van der Waals surface area contributed by atoms with Crippen molar-refractivity contribution in [3.63, 3.8) is 0 Å². The van der Waals surface area contributed by atoms with Gasteiger partial charge in [-0.1, -0.05) is 170 Å². The van der Waals surface area contributed by atoms with Gasteiger partial charge in [-0.2, -0.15) is 0 Å². The minimum atomic E-state index is 0.716. The van der Waals surface area contributed by atoms with Gasteiger partial charge in [-0.05, 0) is 87.8 Å². The number of rotatable bonds is 8. The molecular weight excluding hydrogens is 679 g/mol. The fourth-order valence-electron chi connectivity index (χ4n) is 7.94. The molecule has 0 fully saturated rings. The molecule has 0 saturated carbocycles. The molecule has 1 aromatic heterocycles. The van der Waals surface area contributed by atoms with Crippen LogP contribution in [-0.2, 0) is 6.42 Å². The molecule has 0 radical (unpaired) electrons. The van der Waals surface area contributed by atoms with E-state index in [1.54, 1.807) is 0 Å². The summed E-state index contributed by atoms with van der Waals surface area (Å²) in [5.74, 6) is 0.716. The minimum Gasteiger partial charge on any atom is -0.310 e. The summed E-state index contributed by atoms with van der Waals surface area (Å²) >= 11 is 0. The summed E-state index contributed by atoms with van der Waals surface area (Å²) in [6, 6.07) is 75.3. The van der Waals surface area contributed by atoms with Gasteiger partial charge in [0.25, 0.3) is 0 Å². The number of hydrogen-bond acceptors (Lipinski definition) is 3. The Hall–Kier alpha value is -7.36. The zero-order valence-corrected chi connectivity index (χ0v) is 30.8. The predicted octanol–water partition coefficient (Wildman–Crippen LogP) is 13.9. The highest BCUT2D eigenvalue weighted by atomic mass is 15.1. The summed E-state index contributed by atoms with van der Waals surface area (Å²) < 4.78 is 0. The van der Waals surface area contributed by atoms with Crippen LogP contribution in [0.4, 0.5) is 17.1 Å². The van der Waals surface area contributed by atoms with Crippen molar-refractivity contribution in [2.45, 2.75) is 6.42 Å². The van der Waals surface area contributed by atoms with Crippen LogP contribution in [-0.4, -0.2) is 9.97 Å². The summed E-state index contributed by atoms with van der Waals surface area (Å²) in [4.78, 5) is 12.7. The van der Waals surface area contributed by atoms with E-state index in [1.165, 1.54) is 50.2 Å². The van der Waals surface area contributed by atoms with E-state index >= 15 is 0 Å². The SMILES string of the molecule is c1ccc(-c2ccc(-c3cc(-c4ccc5c(c4)Cc4cccc(N(c6ccccc6)c6ccc(-c7ccccc7)cc6)c4-5)nc(-c4ccccc4)n3)cc2)cc1. The first-order chi connectivity index (χ1) is 27.7. The number of para-hydroxylation sites is 1. The van der Waals surface area contributed by atoms with Crippen LogP contribution in [0.2, 0.25) is 0 Å². The van der Waals surface area contributed by atoms with Crippen molar-refractivity contribution in [2.24, 2.45) is 0 Å². The van der Waals surface area contributed by atoms with Crippen molar-refractivity contribution in [1.82, 2.24) is 9.97 Å². The molecule has 0 unspecified atom stereocenters. The number of fused-ring (bicyclic) bond motifs is 3. The van der Waals surface area contributed by atoms with Crippen LogP contribution >= 0.6 is 0 Å². The van der Waals surface area contributed by atoms with Gasteiger partial charge in [-0.15, -0.1) is 0 Å². The lowest BCUT2D eigenvalue weighted by molar-refractivity contribution is 1.18. The van der Waals surface area contributed by atoms with Gasteiger partial charge in [0.15, 0.2) is 5.82 Å². The quantitative estimate of drug-likeness (QED) is 0.157. The highest BCUT2D eigenvalue weighted by Crippen LogP contribution is 2.48. The van der Waals surface area contributed by atoms with E-state index < -0.39 is 0 Å². The van der Waals surface area contributed by atoms with E-state index in [2.05, 4.69) is 193 Å². The first-order valence-corrected chi connectivity index (χ1v) is 19.1. The van der Waals surface area contributed by atoms with E-state index in [4.69, 9.17) is 9.97 Å². The van der Waals surface area contributed by atoms with Gasteiger partial charge in [0.2, 0.25) is 0 Å². The molecule has 0 saturated heterocycles. The van der Waals surface area contributed by atoms with E-state index in [0.717, 1.165) is 45.9 Å². The summed E-state index contributed by atoms with van der Waals surface area (Å²) in [6.45, 7) is 0. The molecule has 3 nitrogen and oxygen atoms in total. The van der Waals surface area contributed by atoms with Crippen LogP contribution in [0.25, 0.3) is 67.3 Å². The normalized spacial score (nSPS) is 11.5. The van der Waals surface area contributed by atoms with E-state index in [-0.39, 0.29) is 0 Å². The van der Waals surface area contributed by atoms with E-state index in [9.17, 15) is 0 Å². The molecule has 1 aliphatic rings. The van der Waals surface area contributed by atoms with Crippen LogP contribution < -0.4 is 4.90 Å². The smallest absolute Gasteiger partial charge is 0.160 e. The van der Waals surface area contributed by atoms with E-state index in [0.29, 0.717) is 5.82 Å². The molecule has 56 heavy (non-hydrogen) atoms. The molecule has 0 aliphatic heterocycles. The number of benzene rings is 8. The van der Waals surface area contributed by atoms with Gasteiger partial charge in [-0.25, -0.2) is 9.97 Å². The second-order valence-corrected chi connectivity index (χ2v) is 14.2. The van der Waals surface area contributed by atoms with Crippen molar-refractivity contribution < 1.29 is 0 Å². The largest absolute Gasteiger partial charge is 0.310 e. The van der Waals surface area contributed by atoms with Crippen molar-refractivity contribution in [3.8, 4) is 67.3 Å². The Bertz CT molecular complexity index is 2780. The predicted molar refractivity (Wildman–Crippen MR) is 232 cm³/mol. The molecule has 1 heterocycles. The average Bonchev–Trinajstić information content (AvgIpc) is 3.67. The highest BCUT2D eigenvalue weighted by Gasteiger charge is 2.26. The third-order valence-corrected chi connectivity index (χ3v) is 10.7. The molecule has 0 bridgehead atoms. The first kappa shape index (κ1) is 33.2. The molecular formula is C53H37N3. The van der Waals surface area contributed by atoms with Gasteiger partial charge in [0.1, 0.15) is 0 Å². The molecule has 0 amide bonds. The van der Waals surface area contributed by atoms with Gasteiger partial charge in [0.05, 0.1) is 17.1 Å². The second kappa shape index (κ2) is 14.5. The van der Waals surface area contributed by atoms with Gasteiger partial charge in [-0.3, -0.25) is 0 Å². The molecule has 264 valence electrons. The summed E-state index contributed by atoms with van der Waals surface area (Å²) in [5, 5.41) is 0. The van der Waals surface area contributed by atoms with Crippen molar-refractivity contribution >= 4 is 17.1 Å². The second-order valence-electron chi connectivity index (χ2n) is 14.2. The lowest BCUT2D eigenvalue weighted by Crippen LogP contribution is -2.11. The van der Waals surface area contributed by atoms with Crippen LogP contribution in [0.5, 0.6) is 0 Å². The zero-order valence-electron chi connectivity index (χ0n) is 30.8. The maximum absolute atomic E-state index is 5.17. The van der Waals surface area contributed by atoms with Gasteiger partial charge in [0, 0.05) is 33.6 Å². The molecule has 3 heteroatoms. The monoisotopic (exact) mass is 715 g/mol. The minimum absolute atomic E-state index is 0.716. The third-order valence-electron chi connectivity index (χ3n) is 10.7. The maximum atomic E-state index is 5.17. The highest BCUT2D eigenvalue weighted by molar-refractivity contribution is 5.94. The molecule has 8 aromatic carbocycles. The Kier molecular flexibility index (Phi) is 8.58. The van der Waals surface area contributed by atoms with E-state index in [1.807, 2.05) is 24.3 Å². The molecule has 9 aromatic rings. The molecule has 10 rings (SSSR count). The molecule has 0 atom stereocenters. The topological polar surface area (TPSA) is 29.0 Å². The third kappa shape index (κ3) is 6.36. The fraction of sp³-hybridized carbons (Fsp3) is 0.0189. The Labute approximate surface area is 327 Å². The standard InChI is InChI=1S/C53H37N3/c1-5-14-37(15-6-1)39-24-26-41(27-25-39)49-36-50(55-53(54-49)42-18-9-3-10-19-42)43-30-33-48-45(34-43)35-44-20-13-23-51(52(44)48)56(46-21-11-4-12-22-46)47-31-28-40(29-32-47)38-16-7-2-8-17-38/h1-34,36H,35H2. The Morgan fingerprint density at radius 3 is 1.45 bits per heavy atom. The zero-order chi connectivity index (χ0) is 37.3. The number of anilines is 3. The summed E-state index contributed by atoms with van der Waals surface area (Å²) in [5.41, 5.74) is 18.3. The molecule has 0 N–H and O–H groups in total. The molecule has 0 spiro atoms. The molecule has 1 aliphatic carbocycles. The van der Waals surface area contributed by atoms with Crippen molar-refractivity contribution in [2.75, 3.05) is 4.90 Å². The van der Waals surface area contributed by atoms with Crippen LogP contribution in [0.15, 0.2) is 212 Å². The Morgan fingerprint density at radius 1 is 0.339 bits per heavy atom. The van der Waals surface area contributed by atoms with Gasteiger partial charge >= 0.3 is 0 Å². The lowest BCUT2D eigenvalue weighted by Gasteiger charge is -2.28. The summed E-state index contributed by atoms with van der Waals surface area (Å²) in [6.07, 6.45) is 0.854. The van der Waals surface area contributed by atoms with Crippen molar-refractivity contribution in [1.29, 1.82) is 0 Å². The number of nitrogens with zero attached hydrogens (tertiary/aromatic N) is 3. The van der Waals surface area contributed by atoms with Crippen LogP contribution in [0, 0.1) is 0 Å². The summed E-state index contributed by atoms with van der Waals surface area (Å²) in [7, 11) is 0. The van der Waals surface area contributed by atoms with Crippen LogP contribution in [0.1, 0.15) is 11.1 Å². The lowest BCUT2D eigenvalue weighted by atomic mass is 9.98. The van der Waals surface area contributed by atoms with Crippen LogP contribution in [0.3, 0.4) is 0 Å². The fourth-order valence-corrected chi connectivity index (χ4v) is 7.94.